The summed E-state index contributed by atoms with van der Waals surface area (Å²) in [5.41, 5.74) is 11.3. The van der Waals surface area contributed by atoms with Gasteiger partial charge in [0.25, 0.3) is 5.91 Å². The molecule has 0 aliphatic heterocycles. The summed E-state index contributed by atoms with van der Waals surface area (Å²) in [6.45, 7) is 4.00. The third-order valence-electron chi connectivity index (χ3n) is 1.49. The fraction of sp³-hybridized carbons (Fsp3) is 0.300. The van der Waals surface area contributed by atoms with Gasteiger partial charge in [0.1, 0.15) is 5.75 Å². The Morgan fingerprint density at radius 1 is 1.36 bits per heavy atom. The van der Waals surface area contributed by atoms with Crippen molar-refractivity contribution in [3.63, 3.8) is 0 Å². The summed E-state index contributed by atoms with van der Waals surface area (Å²) in [4.78, 5) is 10.8. The lowest BCUT2D eigenvalue weighted by Gasteiger charge is -2.05. The lowest BCUT2D eigenvalue weighted by molar-refractivity contribution is 0.0997. The standard InChI is InChI=1S/C8H10N2O2.C2H6/c1-12-7-3-2-5(9)4-6(7)8(10)11;1-2/h2-4H,9H2,1H3,(H2,10,11);1-2H3. The van der Waals surface area contributed by atoms with Crippen molar-refractivity contribution in [2.75, 3.05) is 12.8 Å². The van der Waals surface area contributed by atoms with E-state index in [9.17, 15) is 4.79 Å². The minimum absolute atomic E-state index is 0.303. The molecule has 0 aliphatic rings. The normalized spacial score (nSPS) is 8.50. The molecule has 0 bridgehead atoms. The minimum atomic E-state index is -0.542. The number of anilines is 1. The van der Waals surface area contributed by atoms with Gasteiger partial charge >= 0.3 is 0 Å². The molecule has 0 spiro atoms. The van der Waals surface area contributed by atoms with E-state index in [1.54, 1.807) is 12.1 Å². The van der Waals surface area contributed by atoms with Crippen LogP contribution in [0.2, 0.25) is 0 Å². The zero-order valence-electron chi connectivity index (χ0n) is 8.70. The molecule has 0 aromatic heterocycles. The Labute approximate surface area is 83.9 Å². The van der Waals surface area contributed by atoms with E-state index in [-0.39, 0.29) is 0 Å². The monoisotopic (exact) mass is 196 g/mol. The second kappa shape index (κ2) is 5.85. The third-order valence-corrected chi connectivity index (χ3v) is 1.49. The summed E-state index contributed by atoms with van der Waals surface area (Å²) < 4.78 is 4.91. The van der Waals surface area contributed by atoms with Crippen LogP contribution in [0.1, 0.15) is 24.2 Å². The van der Waals surface area contributed by atoms with Crippen molar-refractivity contribution in [3.05, 3.63) is 23.8 Å². The number of amides is 1. The second-order valence-electron chi connectivity index (χ2n) is 2.32. The van der Waals surface area contributed by atoms with Crippen LogP contribution in [-0.2, 0) is 0 Å². The SMILES string of the molecule is CC.COc1ccc(N)cc1C(N)=O. The Balaban J connectivity index is 0.000000791. The number of nitrogen functional groups attached to an aromatic ring is 1. The molecule has 1 amide bonds. The fourth-order valence-electron chi connectivity index (χ4n) is 0.918. The molecular weight excluding hydrogens is 180 g/mol. The number of hydrogen-bond donors (Lipinski definition) is 2. The fourth-order valence-corrected chi connectivity index (χ4v) is 0.918. The molecule has 4 heteroatoms. The van der Waals surface area contributed by atoms with Gasteiger partial charge in [0, 0.05) is 5.69 Å². The predicted molar refractivity (Wildman–Crippen MR) is 57.3 cm³/mol. The number of hydrogen-bond acceptors (Lipinski definition) is 3. The maximum absolute atomic E-state index is 10.8. The molecule has 78 valence electrons. The number of benzene rings is 1. The van der Waals surface area contributed by atoms with Crippen LogP contribution in [-0.4, -0.2) is 13.0 Å². The smallest absolute Gasteiger partial charge is 0.252 e. The number of nitrogens with two attached hydrogens (primary N) is 2. The first kappa shape index (κ1) is 12.3. The Morgan fingerprint density at radius 2 is 1.93 bits per heavy atom. The summed E-state index contributed by atoms with van der Waals surface area (Å²) in [5, 5.41) is 0. The van der Waals surface area contributed by atoms with Crippen LogP contribution in [0.4, 0.5) is 5.69 Å². The Morgan fingerprint density at radius 3 is 2.36 bits per heavy atom. The van der Waals surface area contributed by atoms with Gasteiger partial charge in [0.2, 0.25) is 0 Å². The van der Waals surface area contributed by atoms with Crippen LogP contribution in [0.25, 0.3) is 0 Å². The van der Waals surface area contributed by atoms with Crippen LogP contribution in [0.3, 0.4) is 0 Å². The van der Waals surface area contributed by atoms with Crippen LogP contribution in [0.15, 0.2) is 18.2 Å². The van der Waals surface area contributed by atoms with Crippen molar-refractivity contribution >= 4 is 11.6 Å². The summed E-state index contributed by atoms with van der Waals surface area (Å²) in [7, 11) is 1.47. The zero-order chi connectivity index (χ0) is 11.1. The van der Waals surface area contributed by atoms with Crippen LogP contribution in [0, 0.1) is 0 Å². The van der Waals surface area contributed by atoms with E-state index in [0.717, 1.165) is 0 Å². The Bertz CT molecular complexity index is 311. The lowest BCUT2D eigenvalue weighted by atomic mass is 10.1. The number of carbonyl (C=O) groups is 1. The van der Waals surface area contributed by atoms with Gasteiger partial charge in [-0.3, -0.25) is 4.79 Å². The lowest BCUT2D eigenvalue weighted by Crippen LogP contribution is -2.12. The minimum Gasteiger partial charge on any atom is -0.496 e. The molecule has 1 aromatic carbocycles. The number of carbonyl (C=O) groups excluding carboxylic acids is 1. The maximum Gasteiger partial charge on any atom is 0.252 e. The molecule has 0 atom stereocenters. The van der Waals surface area contributed by atoms with Gasteiger partial charge in [-0.05, 0) is 18.2 Å². The summed E-state index contributed by atoms with van der Waals surface area (Å²) in [6, 6.07) is 4.74. The topological polar surface area (TPSA) is 78.3 Å². The van der Waals surface area contributed by atoms with Gasteiger partial charge in [0.05, 0.1) is 12.7 Å². The summed E-state index contributed by atoms with van der Waals surface area (Å²) >= 11 is 0. The predicted octanol–water partition coefficient (Wildman–Crippen LogP) is 1.40. The van der Waals surface area contributed by atoms with E-state index in [4.69, 9.17) is 16.2 Å². The molecule has 0 radical (unpaired) electrons. The molecule has 0 fully saturated rings. The molecule has 0 unspecified atom stereocenters. The molecule has 14 heavy (non-hydrogen) atoms. The van der Waals surface area contributed by atoms with Gasteiger partial charge < -0.3 is 16.2 Å². The van der Waals surface area contributed by atoms with Crippen molar-refractivity contribution < 1.29 is 9.53 Å². The van der Waals surface area contributed by atoms with Crippen molar-refractivity contribution in [1.82, 2.24) is 0 Å². The van der Waals surface area contributed by atoms with Crippen molar-refractivity contribution in [2.24, 2.45) is 5.73 Å². The van der Waals surface area contributed by atoms with E-state index in [1.807, 2.05) is 13.8 Å². The average molecular weight is 196 g/mol. The molecule has 1 rings (SSSR count). The summed E-state index contributed by atoms with van der Waals surface area (Å²) in [6.07, 6.45) is 0. The Kier molecular flexibility index (Phi) is 5.14. The largest absolute Gasteiger partial charge is 0.496 e. The zero-order valence-corrected chi connectivity index (χ0v) is 8.70. The van der Waals surface area contributed by atoms with Crippen molar-refractivity contribution in [2.45, 2.75) is 13.8 Å². The second-order valence-corrected chi connectivity index (χ2v) is 2.32. The number of rotatable bonds is 2. The molecule has 1 aromatic rings. The molecule has 4 nitrogen and oxygen atoms in total. The molecule has 0 saturated heterocycles. The van der Waals surface area contributed by atoms with Crippen LogP contribution >= 0.6 is 0 Å². The third kappa shape index (κ3) is 2.97. The molecule has 0 heterocycles. The highest BCUT2D eigenvalue weighted by atomic mass is 16.5. The van der Waals surface area contributed by atoms with E-state index in [0.29, 0.717) is 17.0 Å². The summed E-state index contributed by atoms with van der Waals surface area (Å²) in [5.74, 6) is -0.101. The van der Waals surface area contributed by atoms with Gasteiger partial charge in [0.15, 0.2) is 0 Å². The maximum atomic E-state index is 10.8. The van der Waals surface area contributed by atoms with E-state index in [1.165, 1.54) is 13.2 Å². The van der Waals surface area contributed by atoms with Crippen LogP contribution in [0.5, 0.6) is 5.75 Å². The van der Waals surface area contributed by atoms with Crippen LogP contribution < -0.4 is 16.2 Å². The highest BCUT2D eigenvalue weighted by Gasteiger charge is 2.07. The number of ether oxygens (including phenoxy) is 1. The Hall–Kier alpha value is -1.71. The first-order valence-corrected chi connectivity index (χ1v) is 4.38. The molecule has 4 N–H and O–H groups in total. The molecule has 0 aliphatic carbocycles. The number of primary amides is 1. The van der Waals surface area contributed by atoms with Crippen molar-refractivity contribution in [1.29, 1.82) is 0 Å². The van der Waals surface area contributed by atoms with Gasteiger partial charge in [-0.15, -0.1) is 0 Å². The molecule has 0 saturated carbocycles. The van der Waals surface area contributed by atoms with E-state index in [2.05, 4.69) is 0 Å². The van der Waals surface area contributed by atoms with Crippen molar-refractivity contribution in [3.8, 4) is 5.75 Å². The highest BCUT2D eigenvalue weighted by Crippen LogP contribution is 2.19. The highest BCUT2D eigenvalue weighted by molar-refractivity contribution is 5.96. The average Bonchev–Trinajstić information content (AvgIpc) is 2.20. The van der Waals surface area contributed by atoms with E-state index >= 15 is 0 Å². The van der Waals surface area contributed by atoms with Gasteiger partial charge in [-0.25, -0.2) is 0 Å². The quantitative estimate of drug-likeness (QED) is 0.702. The first-order valence-electron chi connectivity index (χ1n) is 4.38. The van der Waals surface area contributed by atoms with E-state index < -0.39 is 5.91 Å². The number of methoxy groups -OCH3 is 1. The first-order chi connectivity index (χ1) is 6.65. The molecular formula is C10H16N2O2. The van der Waals surface area contributed by atoms with Gasteiger partial charge in [-0.2, -0.15) is 0 Å². The van der Waals surface area contributed by atoms with Gasteiger partial charge in [-0.1, -0.05) is 13.8 Å².